The van der Waals surface area contributed by atoms with Crippen LogP contribution in [0.5, 0.6) is 0 Å². The summed E-state index contributed by atoms with van der Waals surface area (Å²) in [7, 11) is 0. The van der Waals surface area contributed by atoms with Gasteiger partial charge in [-0.2, -0.15) is 0 Å². The van der Waals surface area contributed by atoms with Crippen molar-refractivity contribution in [1.29, 1.82) is 0 Å². The number of Topliss-reactive ketones (excluding diaryl/α,β-unsaturated/α-hetero) is 1. The van der Waals surface area contributed by atoms with Gasteiger partial charge >= 0.3 is 0 Å². The molecule has 2 nitrogen and oxygen atoms in total. The van der Waals surface area contributed by atoms with Crippen molar-refractivity contribution in [3.63, 3.8) is 0 Å². The minimum atomic E-state index is -0.703. The number of hydrogen-bond acceptors (Lipinski definition) is 2. The molecule has 0 fully saturated rings. The molecule has 0 spiro atoms. The summed E-state index contributed by atoms with van der Waals surface area (Å²) < 4.78 is 5.61. The minimum absolute atomic E-state index is 0.0679. The fourth-order valence-electron chi connectivity index (χ4n) is 2.34. The van der Waals surface area contributed by atoms with E-state index in [1.165, 1.54) is 0 Å². The molecule has 0 aliphatic heterocycles. The van der Waals surface area contributed by atoms with Crippen molar-refractivity contribution in [3.05, 3.63) is 84.4 Å². The van der Waals surface area contributed by atoms with Crippen molar-refractivity contribution in [1.82, 2.24) is 0 Å². The van der Waals surface area contributed by atoms with E-state index in [-0.39, 0.29) is 5.78 Å². The Labute approximate surface area is 126 Å². The van der Waals surface area contributed by atoms with E-state index in [9.17, 15) is 4.79 Å². The van der Waals surface area contributed by atoms with Crippen molar-refractivity contribution in [2.75, 3.05) is 13.2 Å². The first-order valence-corrected chi connectivity index (χ1v) is 7.02. The molecular weight excluding hydrogens is 260 g/mol. The second kappa shape index (κ2) is 7.00. The monoisotopic (exact) mass is 280 g/mol. The number of carbonyl (C=O) groups excluding carboxylic acids is 1. The molecule has 1 unspecified atom stereocenters. The molecule has 0 aliphatic rings. The Bertz CT molecular complexity index is 589. The predicted octanol–water partition coefficient (Wildman–Crippen LogP) is 4.03. The summed E-state index contributed by atoms with van der Waals surface area (Å²) in [4.78, 5) is 13.0. The molecule has 21 heavy (non-hydrogen) atoms. The highest BCUT2D eigenvalue weighted by Crippen LogP contribution is 2.28. The highest BCUT2D eigenvalue weighted by atomic mass is 16.5. The largest absolute Gasteiger partial charge is 0.376 e. The normalized spacial score (nSPS) is 13.4. The van der Waals surface area contributed by atoms with Crippen LogP contribution in [-0.4, -0.2) is 19.0 Å². The quantitative estimate of drug-likeness (QED) is 0.435. The zero-order chi connectivity index (χ0) is 15.1. The third kappa shape index (κ3) is 3.47. The van der Waals surface area contributed by atoms with E-state index >= 15 is 0 Å². The molecular formula is C19H20O2. The summed E-state index contributed by atoms with van der Waals surface area (Å²) in [6, 6.07) is 19.1. The Balaban J connectivity index is 2.36. The van der Waals surface area contributed by atoms with Crippen LogP contribution in [0.2, 0.25) is 0 Å². The SMILES string of the molecule is C=CCOCC(C)(C(=O)c1ccccc1)c1ccccc1. The lowest BCUT2D eigenvalue weighted by Gasteiger charge is -2.28. The van der Waals surface area contributed by atoms with Crippen LogP contribution in [0.15, 0.2) is 73.3 Å². The predicted molar refractivity (Wildman–Crippen MR) is 85.6 cm³/mol. The van der Waals surface area contributed by atoms with Gasteiger partial charge in [0, 0.05) is 5.56 Å². The standard InChI is InChI=1S/C19H20O2/c1-3-14-21-15-19(2,17-12-8-5-9-13-17)18(20)16-10-6-4-7-11-16/h3-13H,1,14-15H2,2H3. The molecule has 0 bridgehead atoms. The zero-order valence-electron chi connectivity index (χ0n) is 12.3. The molecule has 2 rings (SSSR count). The summed E-state index contributed by atoms with van der Waals surface area (Å²) >= 11 is 0. The molecule has 0 radical (unpaired) electrons. The minimum Gasteiger partial charge on any atom is -0.376 e. The first-order valence-electron chi connectivity index (χ1n) is 7.02. The van der Waals surface area contributed by atoms with Gasteiger partial charge in [0.05, 0.1) is 18.6 Å². The molecule has 0 N–H and O–H groups in total. The summed E-state index contributed by atoms with van der Waals surface area (Å²) in [5, 5.41) is 0. The molecule has 2 heteroatoms. The van der Waals surface area contributed by atoms with Crippen LogP contribution in [-0.2, 0) is 10.2 Å². The Morgan fingerprint density at radius 3 is 2.24 bits per heavy atom. The third-order valence-corrected chi connectivity index (χ3v) is 3.57. The van der Waals surface area contributed by atoms with Crippen LogP contribution in [0.3, 0.4) is 0 Å². The lowest BCUT2D eigenvalue weighted by Crippen LogP contribution is -2.37. The van der Waals surface area contributed by atoms with Crippen LogP contribution in [0, 0.1) is 0 Å². The Morgan fingerprint density at radius 2 is 1.67 bits per heavy atom. The van der Waals surface area contributed by atoms with Gasteiger partial charge in [-0.15, -0.1) is 6.58 Å². The molecule has 0 heterocycles. The summed E-state index contributed by atoms with van der Waals surface area (Å²) in [6.07, 6.45) is 1.69. The molecule has 2 aromatic rings. The second-order valence-electron chi connectivity index (χ2n) is 5.20. The van der Waals surface area contributed by atoms with Gasteiger partial charge in [0.25, 0.3) is 0 Å². The van der Waals surface area contributed by atoms with Gasteiger partial charge in [-0.1, -0.05) is 66.7 Å². The Kier molecular flexibility index (Phi) is 5.07. The van der Waals surface area contributed by atoms with Crippen molar-refractivity contribution in [3.8, 4) is 0 Å². The van der Waals surface area contributed by atoms with Gasteiger partial charge in [0.2, 0.25) is 0 Å². The smallest absolute Gasteiger partial charge is 0.175 e. The molecule has 2 aromatic carbocycles. The van der Waals surface area contributed by atoms with Gasteiger partial charge in [-0.25, -0.2) is 0 Å². The average molecular weight is 280 g/mol. The fraction of sp³-hybridized carbons (Fsp3) is 0.211. The van der Waals surface area contributed by atoms with E-state index in [0.717, 1.165) is 5.56 Å². The molecule has 0 amide bonds. The van der Waals surface area contributed by atoms with E-state index in [0.29, 0.717) is 18.8 Å². The van der Waals surface area contributed by atoms with Crippen molar-refractivity contribution < 1.29 is 9.53 Å². The number of ether oxygens (including phenoxy) is 1. The number of ketones is 1. The Morgan fingerprint density at radius 1 is 1.10 bits per heavy atom. The maximum Gasteiger partial charge on any atom is 0.175 e. The number of rotatable bonds is 7. The van der Waals surface area contributed by atoms with Crippen LogP contribution in [0.1, 0.15) is 22.8 Å². The lowest BCUT2D eigenvalue weighted by molar-refractivity contribution is 0.0703. The van der Waals surface area contributed by atoms with Gasteiger partial charge in [0.15, 0.2) is 5.78 Å². The summed E-state index contributed by atoms with van der Waals surface area (Å²) in [6.45, 7) is 6.34. The van der Waals surface area contributed by atoms with Crippen LogP contribution < -0.4 is 0 Å². The molecule has 0 saturated heterocycles. The molecule has 0 aromatic heterocycles. The number of benzene rings is 2. The lowest BCUT2D eigenvalue weighted by atomic mass is 9.77. The molecule has 108 valence electrons. The second-order valence-corrected chi connectivity index (χ2v) is 5.20. The van der Waals surface area contributed by atoms with Gasteiger partial charge in [-0.05, 0) is 12.5 Å². The van der Waals surface area contributed by atoms with Crippen molar-refractivity contribution in [2.24, 2.45) is 0 Å². The highest BCUT2D eigenvalue weighted by Gasteiger charge is 2.35. The topological polar surface area (TPSA) is 26.3 Å². The highest BCUT2D eigenvalue weighted by molar-refractivity contribution is 6.04. The third-order valence-electron chi connectivity index (χ3n) is 3.57. The fourth-order valence-corrected chi connectivity index (χ4v) is 2.34. The zero-order valence-corrected chi connectivity index (χ0v) is 12.3. The van der Waals surface area contributed by atoms with Crippen molar-refractivity contribution in [2.45, 2.75) is 12.3 Å². The number of carbonyl (C=O) groups is 1. The number of hydrogen-bond donors (Lipinski definition) is 0. The van der Waals surface area contributed by atoms with E-state index in [1.807, 2.05) is 67.6 Å². The molecule has 0 aliphatic carbocycles. The average Bonchev–Trinajstić information content (AvgIpc) is 2.56. The van der Waals surface area contributed by atoms with E-state index in [1.54, 1.807) is 6.08 Å². The van der Waals surface area contributed by atoms with Crippen LogP contribution in [0.4, 0.5) is 0 Å². The first-order chi connectivity index (χ1) is 10.2. The summed E-state index contributed by atoms with van der Waals surface area (Å²) in [5.74, 6) is 0.0679. The summed E-state index contributed by atoms with van der Waals surface area (Å²) in [5.41, 5.74) is 0.958. The van der Waals surface area contributed by atoms with Crippen LogP contribution >= 0.6 is 0 Å². The van der Waals surface area contributed by atoms with Gasteiger partial charge in [-0.3, -0.25) is 4.79 Å². The molecule has 1 atom stereocenters. The van der Waals surface area contributed by atoms with Crippen molar-refractivity contribution >= 4 is 5.78 Å². The van der Waals surface area contributed by atoms with Gasteiger partial charge < -0.3 is 4.74 Å². The molecule has 0 saturated carbocycles. The van der Waals surface area contributed by atoms with Gasteiger partial charge in [0.1, 0.15) is 0 Å². The van der Waals surface area contributed by atoms with Crippen LogP contribution in [0.25, 0.3) is 0 Å². The van der Waals surface area contributed by atoms with E-state index in [4.69, 9.17) is 4.74 Å². The van der Waals surface area contributed by atoms with E-state index < -0.39 is 5.41 Å². The first kappa shape index (κ1) is 15.2. The van der Waals surface area contributed by atoms with E-state index in [2.05, 4.69) is 6.58 Å². The Hall–Kier alpha value is -2.19. The maximum absolute atomic E-state index is 13.0. The maximum atomic E-state index is 13.0.